The molecular formula is C38H34N6O4S. The molecule has 0 radical (unpaired) electrons. The van der Waals surface area contributed by atoms with Gasteiger partial charge in [-0.3, -0.25) is 0 Å². The molecule has 1 aliphatic rings. The first-order valence-electron chi connectivity index (χ1n) is 16.0. The molecule has 6 aromatic rings. The van der Waals surface area contributed by atoms with Crippen LogP contribution in [-0.4, -0.2) is 56.6 Å². The summed E-state index contributed by atoms with van der Waals surface area (Å²) in [5, 5.41) is 11.3. The lowest BCUT2D eigenvalue weighted by molar-refractivity contribution is 0.0270. The van der Waals surface area contributed by atoms with E-state index in [9.17, 15) is 18.5 Å². The van der Waals surface area contributed by atoms with E-state index in [4.69, 9.17) is 4.74 Å². The minimum atomic E-state index is -4.09. The van der Waals surface area contributed by atoms with Gasteiger partial charge >= 0.3 is 6.09 Å². The number of fused-ring (bicyclic) bond motifs is 2. The predicted octanol–water partition coefficient (Wildman–Crippen LogP) is 7.23. The van der Waals surface area contributed by atoms with E-state index >= 15 is 0 Å². The summed E-state index contributed by atoms with van der Waals surface area (Å²) in [6.07, 6.45) is 5.11. The Hall–Kier alpha value is -5.73. The summed E-state index contributed by atoms with van der Waals surface area (Å²) in [5.74, 6) is 0. The van der Waals surface area contributed by atoms with Crippen molar-refractivity contribution in [2.24, 2.45) is 0 Å². The number of amides is 1. The minimum absolute atomic E-state index is 0.130. The lowest BCUT2D eigenvalue weighted by atomic mass is 10.0. The number of aromatic nitrogens is 4. The van der Waals surface area contributed by atoms with Crippen LogP contribution in [0.3, 0.4) is 0 Å². The molecule has 0 fully saturated rings. The van der Waals surface area contributed by atoms with Crippen molar-refractivity contribution in [3.8, 4) is 17.3 Å². The zero-order valence-corrected chi connectivity index (χ0v) is 28.2. The fourth-order valence-corrected chi connectivity index (χ4v) is 7.73. The summed E-state index contributed by atoms with van der Waals surface area (Å²) >= 11 is 0. The summed E-state index contributed by atoms with van der Waals surface area (Å²) < 4.78 is 37.6. The minimum Gasteiger partial charge on any atom is -0.444 e. The molecular weight excluding hydrogens is 637 g/mol. The number of nitrogens with zero attached hydrogens (tertiary/aromatic N) is 6. The summed E-state index contributed by atoms with van der Waals surface area (Å²) in [4.78, 5) is 23.7. The number of rotatable bonds is 6. The van der Waals surface area contributed by atoms with E-state index in [0.717, 1.165) is 27.6 Å². The molecule has 3 aromatic carbocycles. The molecule has 10 nitrogen and oxygen atoms in total. The molecule has 0 saturated carbocycles. The maximum Gasteiger partial charge on any atom is 0.410 e. The van der Waals surface area contributed by atoms with Crippen LogP contribution >= 0.6 is 0 Å². The molecule has 3 aromatic heterocycles. The second kappa shape index (κ2) is 12.4. The quantitative estimate of drug-likeness (QED) is 0.183. The lowest BCUT2D eigenvalue weighted by Gasteiger charge is -2.29. The van der Waals surface area contributed by atoms with Crippen LogP contribution in [0.25, 0.3) is 38.8 Å². The molecule has 4 heterocycles. The van der Waals surface area contributed by atoms with Crippen LogP contribution in [0, 0.1) is 11.3 Å². The van der Waals surface area contributed by atoms with Crippen LogP contribution in [-0.2, 0) is 21.3 Å². The van der Waals surface area contributed by atoms with E-state index < -0.39 is 21.7 Å². The van der Waals surface area contributed by atoms with E-state index in [1.54, 1.807) is 35.2 Å². The van der Waals surface area contributed by atoms with Gasteiger partial charge in [0.1, 0.15) is 18.0 Å². The standard InChI is InChI=1S/C38H34N6O4S/c1-38(2,3)48-37(45)42-18-16-27(17-19-42)33-21-32-35(40-25-41-36(32)44(33)49(46,47)30-12-8-5-9-13-30)28-14-15-31-29(22-39)24-43(34(31)20-28)23-26-10-6-4-7-11-26/h4-16,20-21,24-25H,17-19,23H2,1-3H3. The van der Waals surface area contributed by atoms with Crippen molar-refractivity contribution in [1.82, 2.24) is 23.4 Å². The van der Waals surface area contributed by atoms with E-state index in [2.05, 4.69) is 16.0 Å². The highest BCUT2D eigenvalue weighted by Gasteiger charge is 2.30. The number of carbonyl (C=O) groups is 1. The molecule has 0 unspecified atom stereocenters. The molecule has 246 valence electrons. The Balaban J connectivity index is 1.37. The molecule has 11 heteroatoms. The monoisotopic (exact) mass is 670 g/mol. The summed E-state index contributed by atoms with van der Waals surface area (Å²) in [5.41, 5.74) is 4.69. The Kier molecular flexibility index (Phi) is 8.04. The third-order valence-electron chi connectivity index (χ3n) is 8.50. The average molecular weight is 671 g/mol. The zero-order chi connectivity index (χ0) is 34.3. The van der Waals surface area contributed by atoms with E-state index in [1.807, 2.05) is 92.2 Å². The fraction of sp³-hybridized carbons (Fsp3) is 0.211. The van der Waals surface area contributed by atoms with Crippen molar-refractivity contribution in [3.63, 3.8) is 0 Å². The van der Waals surface area contributed by atoms with Gasteiger partial charge in [-0.05, 0) is 62.6 Å². The Bertz CT molecular complexity index is 2400. The maximum atomic E-state index is 14.3. The van der Waals surface area contributed by atoms with Crippen LogP contribution in [0.2, 0.25) is 0 Å². The number of nitriles is 1. The molecule has 49 heavy (non-hydrogen) atoms. The number of carbonyl (C=O) groups excluding carboxylic acids is 1. The van der Waals surface area contributed by atoms with Crippen molar-refractivity contribution >= 4 is 43.6 Å². The Morgan fingerprint density at radius 2 is 1.69 bits per heavy atom. The van der Waals surface area contributed by atoms with Gasteiger partial charge < -0.3 is 14.2 Å². The zero-order valence-electron chi connectivity index (χ0n) is 27.4. The molecule has 1 aliphatic heterocycles. The van der Waals surface area contributed by atoms with Crippen LogP contribution in [0.15, 0.2) is 108 Å². The summed E-state index contributed by atoms with van der Waals surface area (Å²) in [6.45, 7) is 6.67. The van der Waals surface area contributed by atoms with Crippen LogP contribution in [0.5, 0.6) is 0 Å². The highest BCUT2D eigenvalue weighted by molar-refractivity contribution is 7.90. The SMILES string of the molecule is CC(C)(C)OC(=O)N1CC=C(c2cc3c(-c4ccc5c(C#N)cn(Cc6ccccc6)c5c4)ncnc3n2S(=O)(=O)c2ccccc2)CC1. The van der Waals surface area contributed by atoms with Gasteiger partial charge in [-0.15, -0.1) is 0 Å². The van der Waals surface area contributed by atoms with Crippen LogP contribution in [0.1, 0.15) is 44.0 Å². The van der Waals surface area contributed by atoms with Gasteiger partial charge in [0.05, 0.1) is 27.4 Å². The van der Waals surface area contributed by atoms with Gasteiger partial charge in [0.2, 0.25) is 0 Å². The largest absolute Gasteiger partial charge is 0.444 e. The smallest absolute Gasteiger partial charge is 0.410 e. The third kappa shape index (κ3) is 6.07. The van der Waals surface area contributed by atoms with Gasteiger partial charge in [-0.1, -0.05) is 66.7 Å². The first-order chi connectivity index (χ1) is 23.5. The van der Waals surface area contributed by atoms with Gasteiger partial charge in [0, 0.05) is 42.2 Å². The summed E-state index contributed by atoms with van der Waals surface area (Å²) in [7, 11) is -4.09. The van der Waals surface area contributed by atoms with Gasteiger partial charge in [0.15, 0.2) is 5.65 Å². The number of hydrogen-bond donors (Lipinski definition) is 0. The van der Waals surface area contributed by atoms with Crippen molar-refractivity contribution < 1.29 is 17.9 Å². The highest BCUT2D eigenvalue weighted by atomic mass is 32.2. The highest BCUT2D eigenvalue weighted by Crippen LogP contribution is 2.37. The molecule has 1 amide bonds. The molecule has 0 saturated heterocycles. The van der Waals surface area contributed by atoms with Crippen molar-refractivity contribution in [2.75, 3.05) is 13.1 Å². The van der Waals surface area contributed by atoms with Crippen LogP contribution in [0.4, 0.5) is 4.79 Å². The van der Waals surface area contributed by atoms with Crippen molar-refractivity contribution in [2.45, 2.75) is 44.2 Å². The Morgan fingerprint density at radius 3 is 2.37 bits per heavy atom. The predicted molar refractivity (Wildman–Crippen MR) is 188 cm³/mol. The Labute approximate surface area is 284 Å². The second-order valence-electron chi connectivity index (χ2n) is 13.0. The summed E-state index contributed by atoms with van der Waals surface area (Å²) in [6, 6.07) is 28.2. The first-order valence-corrected chi connectivity index (χ1v) is 17.4. The number of hydrogen-bond acceptors (Lipinski definition) is 7. The second-order valence-corrected chi connectivity index (χ2v) is 14.8. The van der Waals surface area contributed by atoms with Gasteiger partial charge in [-0.2, -0.15) is 5.26 Å². The van der Waals surface area contributed by atoms with Gasteiger partial charge in [-0.25, -0.2) is 27.2 Å². The van der Waals surface area contributed by atoms with E-state index in [1.165, 1.54) is 10.3 Å². The van der Waals surface area contributed by atoms with Crippen LogP contribution < -0.4 is 0 Å². The van der Waals surface area contributed by atoms with E-state index in [0.29, 0.717) is 41.8 Å². The molecule has 0 bridgehead atoms. The number of benzene rings is 3. The number of ether oxygens (including phenoxy) is 1. The molecule has 0 atom stereocenters. The van der Waals surface area contributed by atoms with Crippen molar-refractivity contribution in [1.29, 1.82) is 5.26 Å². The molecule has 0 spiro atoms. The first kappa shape index (κ1) is 31.8. The fourth-order valence-electron chi connectivity index (χ4n) is 6.22. The molecule has 0 aliphatic carbocycles. The maximum absolute atomic E-state index is 14.3. The normalized spacial score (nSPS) is 13.8. The third-order valence-corrected chi connectivity index (χ3v) is 10.2. The topological polar surface area (TPSA) is 123 Å². The molecule has 7 rings (SSSR count). The average Bonchev–Trinajstić information content (AvgIpc) is 3.67. The van der Waals surface area contributed by atoms with Gasteiger partial charge in [0.25, 0.3) is 10.0 Å². The van der Waals surface area contributed by atoms with E-state index in [-0.39, 0.29) is 17.1 Å². The van der Waals surface area contributed by atoms with Crippen molar-refractivity contribution in [3.05, 3.63) is 120 Å². The lowest BCUT2D eigenvalue weighted by Crippen LogP contribution is -2.39. The Morgan fingerprint density at radius 1 is 0.959 bits per heavy atom. The molecule has 0 N–H and O–H groups in total.